The Labute approximate surface area is 74.9 Å². The van der Waals surface area contributed by atoms with Crippen LogP contribution in [0.3, 0.4) is 0 Å². The lowest BCUT2D eigenvalue weighted by molar-refractivity contribution is 1.41. The van der Waals surface area contributed by atoms with Crippen LogP contribution < -0.4 is 5.73 Å². The Hall–Kier alpha value is -1.90. The lowest BCUT2D eigenvalue weighted by atomic mass is 10.1. The molecular formula is C10H7N3. The van der Waals surface area contributed by atoms with Gasteiger partial charge in [0.1, 0.15) is 0 Å². The molecule has 0 spiro atoms. The summed E-state index contributed by atoms with van der Waals surface area (Å²) in [5.74, 6) is 0. The first kappa shape index (κ1) is 6.60. The van der Waals surface area contributed by atoms with Crippen molar-refractivity contribution < 1.29 is 0 Å². The Balaban J connectivity index is 2.59. The molecule has 1 aromatic heterocycles. The van der Waals surface area contributed by atoms with E-state index in [1.54, 1.807) is 6.20 Å². The topological polar surface area (TPSA) is 51.3 Å². The number of rotatable bonds is 0. The van der Waals surface area contributed by atoms with Crippen molar-refractivity contribution in [3.05, 3.63) is 30.0 Å². The van der Waals surface area contributed by atoms with Gasteiger partial charge in [-0.05, 0) is 18.2 Å². The van der Waals surface area contributed by atoms with Gasteiger partial charge in [0.25, 0.3) is 0 Å². The summed E-state index contributed by atoms with van der Waals surface area (Å²) in [5.41, 5.74) is 9.40. The van der Waals surface area contributed by atoms with Crippen molar-refractivity contribution in [3.63, 3.8) is 0 Å². The molecule has 0 saturated heterocycles. The van der Waals surface area contributed by atoms with Crippen LogP contribution in [0.1, 0.15) is 5.56 Å². The molecule has 1 aliphatic heterocycles. The molecule has 0 saturated carbocycles. The number of nitrogens with zero attached hydrogens (tertiary/aromatic N) is 2. The molecule has 3 nitrogen and oxygen atoms in total. The second-order valence-electron chi connectivity index (χ2n) is 3.09. The average molecular weight is 169 g/mol. The number of hydrogen-bond donors (Lipinski definition) is 1. The molecule has 1 aliphatic rings. The van der Waals surface area contributed by atoms with Gasteiger partial charge in [0.05, 0.1) is 11.2 Å². The molecular weight excluding hydrogens is 162 g/mol. The molecule has 0 amide bonds. The van der Waals surface area contributed by atoms with Gasteiger partial charge in [0.2, 0.25) is 0 Å². The largest absolute Gasteiger partial charge is 0.399 e. The van der Waals surface area contributed by atoms with Crippen LogP contribution in [0, 0.1) is 0 Å². The highest BCUT2D eigenvalue weighted by atomic mass is 14.8. The van der Waals surface area contributed by atoms with Gasteiger partial charge in [0.15, 0.2) is 0 Å². The highest BCUT2D eigenvalue weighted by Crippen LogP contribution is 2.33. The second-order valence-corrected chi connectivity index (χ2v) is 3.09. The van der Waals surface area contributed by atoms with Gasteiger partial charge in [-0.3, -0.25) is 9.98 Å². The fourth-order valence-electron chi connectivity index (χ4n) is 1.66. The first-order valence-corrected chi connectivity index (χ1v) is 4.07. The van der Waals surface area contributed by atoms with Crippen LogP contribution in [0.25, 0.3) is 10.9 Å². The lowest BCUT2D eigenvalue weighted by Crippen LogP contribution is -1.86. The zero-order chi connectivity index (χ0) is 8.84. The van der Waals surface area contributed by atoms with Crippen LogP contribution in [-0.2, 0) is 0 Å². The van der Waals surface area contributed by atoms with E-state index >= 15 is 0 Å². The van der Waals surface area contributed by atoms with Crippen molar-refractivity contribution in [2.45, 2.75) is 0 Å². The van der Waals surface area contributed by atoms with Crippen molar-refractivity contribution in [2.24, 2.45) is 4.99 Å². The number of pyridine rings is 1. The van der Waals surface area contributed by atoms with Gasteiger partial charge in [-0.1, -0.05) is 0 Å². The normalized spacial score (nSPS) is 12.6. The van der Waals surface area contributed by atoms with Crippen molar-refractivity contribution in [1.82, 2.24) is 4.98 Å². The molecule has 0 unspecified atom stereocenters. The Morgan fingerprint density at radius 2 is 2.15 bits per heavy atom. The van der Waals surface area contributed by atoms with Crippen LogP contribution in [0.15, 0.2) is 29.4 Å². The first-order valence-electron chi connectivity index (χ1n) is 4.07. The molecule has 13 heavy (non-hydrogen) atoms. The van der Waals surface area contributed by atoms with Crippen molar-refractivity contribution in [2.75, 3.05) is 5.73 Å². The zero-order valence-electron chi connectivity index (χ0n) is 6.86. The van der Waals surface area contributed by atoms with E-state index in [0.717, 1.165) is 22.2 Å². The lowest BCUT2D eigenvalue weighted by Gasteiger charge is -2.00. The SMILES string of the molecule is Nc1cc2c3c(ccnc3c1)C=N2. The summed E-state index contributed by atoms with van der Waals surface area (Å²) >= 11 is 0. The molecule has 3 rings (SSSR count). The molecule has 62 valence electrons. The molecule has 0 fully saturated rings. The van der Waals surface area contributed by atoms with E-state index in [-0.39, 0.29) is 0 Å². The molecule has 1 aromatic carbocycles. The maximum absolute atomic E-state index is 5.71. The van der Waals surface area contributed by atoms with E-state index in [1.165, 1.54) is 0 Å². The highest BCUT2D eigenvalue weighted by Gasteiger charge is 2.10. The molecule has 2 aromatic rings. The van der Waals surface area contributed by atoms with Crippen LogP contribution in [0.2, 0.25) is 0 Å². The Morgan fingerprint density at radius 1 is 1.23 bits per heavy atom. The predicted octanol–water partition coefficient (Wildman–Crippen LogP) is 1.88. The minimum atomic E-state index is 0.714. The Bertz CT molecular complexity index is 529. The molecule has 0 bridgehead atoms. The molecule has 2 heterocycles. The Morgan fingerprint density at radius 3 is 3.08 bits per heavy atom. The summed E-state index contributed by atoms with van der Waals surface area (Å²) in [7, 11) is 0. The van der Waals surface area contributed by atoms with Crippen molar-refractivity contribution in [3.8, 4) is 0 Å². The third-order valence-electron chi connectivity index (χ3n) is 2.22. The second kappa shape index (κ2) is 2.07. The van der Waals surface area contributed by atoms with Gasteiger partial charge in [-0.15, -0.1) is 0 Å². The maximum atomic E-state index is 5.71. The molecule has 0 atom stereocenters. The Kier molecular flexibility index (Phi) is 1.05. The van der Waals surface area contributed by atoms with Gasteiger partial charge in [0, 0.05) is 29.0 Å². The number of aliphatic imine (C=N–C) groups is 1. The first-order chi connectivity index (χ1) is 6.34. The van der Waals surface area contributed by atoms with Gasteiger partial charge in [-0.25, -0.2) is 0 Å². The number of nitrogen functional groups attached to an aromatic ring is 1. The minimum absolute atomic E-state index is 0.714. The maximum Gasteiger partial charge on any atom is 0.0751 e. The average Bonchev–Trinajstić information content (AvgIpc) is 2.50. The zero-order valence-corrected chi connectivity index (χ0v) is 6.86. The number of nitrogens with two attached hydrogens (primary N) is 1. The quantitative estimate of drug-likeness (QED) is 0.522. The number of benzene rings is 1. The van der Waals surface area contributed by atoms with Crippen LogP contribution in [0.5, 0.6) is 0 Å². The summed E-state index contributed by atoms with van der Waals surface area (Å²) < 4.78 is 0. The van der Waals surface area contributed by atoms with E-state index in [1.807, 2.05) is 24.4 Å². The molecule has 0 radical (unpaired) electrons. The monoisotopic (exact) mass is 169 g/mol. The minimum Gasteiger partial charge on any atom is -0.399 e. The summed E-state index contributed by atoms with van der Waals surface area (Å²) in [6.07, 6.45) is 3.62. The molecule has 2 N–H and O–H groups in total. The van der Waals surface area contributed by atoms with E-state index in [2.05, 4.69) is 9.98 Å². The number of anilines is 1. The fraction of sp³-hybridized carbons (Fsp3) is 0. The summed E-state index contributed by atoms with van der Waals surface area (Å²) in [4.78, 5) is 8.50. The highest BCUT2D eigenvalue weighted by molar-refractivity contribution is 6.10. The van der Waals surface area contributed by atoms with Gasteiger partial charge >= 0.3 is 0 Å². The van der Waals surface area contributed by atoms with Crippen molar-refractivity contribution in [1.29, 1.82) is 0 Å². The summed E-state index contributed by atoms with van der Waals surface area (Å²) in [5, 5.41) is 1.11. The summed E-state index contributed by atoms with van der Waals surface area (Å²) in [6, 6.07) is 5.70. The van der Waals surface area contributed by atoms with Gasteiger partial charge in [-0.2, -0.15) is 0 Å². The molecule has 3 heteroatoms. The number of hydrogen-bond acceptors (Lipinski definition) is 3. The van der Waals surface area contributed by atoms with E-state index in [9.17, 15) is 0 Å². The van der Waals surface area contributed by atoms with Crippen LogP contribution >= 0.6 is 0 Å². The van der Waals surface area contributed by atoms with E-state index in [4.69, 9.17) is 5.73 Å². The summed E-state index contributed by atoms with van der Waals surface area (Å²) in [6.45, 7) is 0. The molecule has 0 aliphatic carbocycles. The third-order valence-corrected chi connectivity index (χ3v) is 2.22. The van der Waals surface area contributed by atoms with Gasteiger partial charge < -0.3 is 5.73 Å². The van der Waals surface area contributed by atoms with E-state index in [0.29, 0.717) is 5.69 Å². The number of aromatic nitrogens is 1. The van der Waals surface area contributed by atoms with E-state index < -0.39 is 0 Å². The predicted molar refractivity (Wildman–Crippen MR) is 53.4 cm³/mol. The fourth-order valence-corrected chi connectivity index (χ4v) is 1.66. The van der Waals surface area contributed by atoms with Crippen LogP contribution in [0.4, 0.5) is 11.4 Å². The van der Waals surface area contributed by atoms with Crippen molar-refractivity contribution >= 4 is 28.5 Å². The van der Waals surface area contributed by atoms with Crippen LogP contribution in [-0.4, -0.2) is 11.2 Å². The smallest absolute Gasteiger partial charge is 0.0751 e. The third kappa shape index (κ3) is 0.783. The standard InChI is InChI=1S/C10H7N3/c11-7-3-8-10-6(1-2-12-8)5-13-9(10)4-7/h1-5H,11H2.